The van der Waals surface area contributed by atoms with Gasteiger partial charge in [-0.1, -0.05) is 6.07 Å². The molecule has 0 amide bonds. The van der Waals surface area contributed by atoms with Gasteiger partial charge >= 0.3 is 0 Å². The van der Waals surface area contributed by atoms with Gasteiger partial charge in [0.05, 0.1) is 6.26 Å². The van der Waals surface area contributed by atoms with Crippen LogP contribution in [0.2, 0.25) is 0 Å². The van der Waals surface area contributed by atoms with E-state index in [9.17, 15) is 0 Å². The molecule has 0 aliphatic heterocycles. The third-order valence-electron chi connectivity index (χ3n) is 2.38. The summed E-state index contributed by atoms with van der Waals surface area (Å²) >= 11 is 0. The van der Waals surface area contributed by atoms with Gasteiger partial charge in [-0.15, -0.1) is 0 Å². The summed E-state index contributed by atoms with van der Waals surface area (Å²) in [5.41, 5.74) is 4.55. The molecule has 1 aromatic heterocycles. The molecule has 68 valence electrons. The van der Waals surface area contributed by atoms with E-state index in [2.05, 4.69) is 25.2 Å². The predicted molar refractivity (Wildman–Crippen MR) is 55.2 cm³/mol. The standard InChI is InChI=1S/C11H13NO/c1-7-4-5-9-10(11(7)12-3)8(2)6-13-9/h4-6,12H,1-3H3. The first-order valence-electron chi connectivity index (χ1n) is 4.39. The molecule has 0 fully saturated rings. The van der Waals surface area contributed by atoms with E-state index in [0.717, 1.165) is 5.58 Å². The quantitative estimate of drug-likeness (QED) is 0.720. The summed E-state index contributed by atoms with van der Waals surface area (Å²) in [6.45, 7) is 4.16. The Labute approximate surface area is 77.6 Å². The summed E-state index contributed by atoms with van der Waals surface area (Å²) in [6.07, 6.45) is 1.80. The number of rotatable bonds is 1. The van der Waals surface area contributed by atoms with Gasteiger partial charge in [0.2, 0.25) is 0 Å². The maximum absolute atomic E-state index is 5.41. The molecule has 2 rings (SSSR count). The molecule has 1 heterocycles. The topological polar surface area (TPSA) is 25.2 Å². The van der Waals surface area contributed by atoms with Gasteiger partial charge in [0, 0.05) is 18.1 Å². The van der Waals surface area contributed by atoms with Crippen molar-refractivity contribution in [1.29, 1.82) is 0 Å². The van der Waals surface area contributed by atoms with Gasteiger partial charge in [-0.3, -0.25) is 0 Å². The van der Waals surface area contributed by atoms with Gasteiger partial charge < -0.3 is 9.73 Å². The lowest BCUT2D eigenvalue weighted by molar-refractivity contribution is 0.613. The molecule has 13 heavy (non-hydrogen) atoms. The van der Waals surface area contributed by atoms with E-state index in [1.807, 2.05) is 13.1 Å². The van der Waals surface area contributed by atoms with Gasteiger partial charge in [-0.2, -0.15) is 0 Å². The maximum Gasteiger partial charge on any atom is 0.136 e. The molecule has 2 nitrogen and oxygen atoms in total. The largest absolute Gasteiger partial charge is 0.464 e. The van der Waals surface area contributed by atoms with E-state index in [0.29, 0.717) is 0 Å². The first-order valence-corrected chi connectivity index (χ1v) is 4.39. The zero-order valence-corrected chi connectivity index (χ0v) is 8.14. The van der Waals surface area contributed by atoms with Crippen molar-refractivity contribution in [3.63, 3.8) is 0 Å². The van der Waals surface area contributed by atoms with Crippen molar-refractivity contribution in [2.24, 2.45) is 0 Å². The molecule has 1 aromatic carbocycles. The Morgan fingerprint density at radius 1 is 1.15 bits per heavy atom. The molecule has 0 aliphatic carbocycles. The second-order valence-corrected chi connectivity index (χ2v) is 3.30. The average Bonchev–Trinajstić information content (AvgIpc) is 2.49. The highest BCUT2D eigenvalue weighted by molar-refractivity contribution is 5.94. The van der Waals surface area contributed by atoms with Crippen LogP contribution in [-0.4, -0.2) is 7.05 Å². The van der Waals surface area contributed by atoms with Crippen LogP contribution in [0, 0.1) is 13.8 Å². The number of hydrogen-bond donors (Lipinski definition) is 1. The second-order valence-electron chi connectivity index (χ2n) is 3.30. The second kappa shape index (κ2) is 2.80. The van der Waals surface area contributed by atoms with Crippen molar-refractivity contribution in [1.82, 2.24) is 0 Å². The van der Waals surface area contributed by atoms with Crippen molar-refractivity contribution >= 4 is 16.7 Å². The zero-order chi connectivity index (χ0) is 9.42. The van der Waals surface area contributed by atoms with Gasteiger partial charge in [-0.05, 0) is 31.0 Å². The van der Waals surface area contributed by atoms with Crippen LogP contribution in [0.1, 0.15) is 11.1 Å². The molecular formula is C11H13NO. The minimum Gasteiger partial charge on any atom is -0.464 e. The summed E-state index contributed by atoms with van der Waals surface area (Å²) in [4.78, 5) is 0. The highest BCUT2D eigenvalue weighted by atomic mass is 16.3. The number of furan rings is 1. The zero-order valence-electron chi connectivity index (χ0n) is 8.14. The molecule has 0 saturated heterocycles. The SMILES string of the molecule is CNc1c(C)ccc2occ(C)c12. The maximum atomic E-state index is 5.41. The molecule has 2 heteroatoms. The fraction of sp³-hybridized carbons (Fsp3) is 0.273. The smallest absolute Gasteiger partial charge is 0.136 e. The van der Waals surface area contributed by atoms with E-state index in [4.69, 9.17) is 4.42 Å². The first kappa shape index (κ1) is 8.17. The van der Waals surface area contributed by atoms with Crippen LogP contribution in [0.4, 0.5) is 5.69 Å². The van der Waals surface area contributed by atoms with Crippen LogP contribution >= 0.6 is 0 Å². The van der Waals surface area contributed by atoms with E-state index in [1.165, 1.54) is 22.2 Å². The Balaban J connectivity index is 2.88. The summed E-state index contributed by atoms with van der Waals surface area (Å²) in [7, 11) is 1.94. The fourth-order valence-electron chi connectivity index (χ4n) is 1.71. The highest BCUT2D eigenvalue weighted by Crippen LogP contribution is 2.30. The van der Waals surface area contributed by atoms with Crippen LogP contribution in [0.3, 0.4) is 0 Å². The number of benzene rings is 1. The van der Waals surface area contributed by atoms with Gasteiger partial charge in [0.25, 0.3) is 0 Å². The molecule has 0 bridgehead atoms. The number of hydrogen-bond acceptors (Lipinski definition) is 2. The molecular weight excluding hydrogens is 162 g/mol. The van der Waals surface area contributed by atoms with E-state index < -0.39 is 0 Å². The lowest BCUT2D eigenvalue weighted by Gasteiger charge is -2.06. The van der Waals surface area contributed by atoms with Crippen molar-refractivity contribution in [2.45, 2.75) is 13.8 Å². The van der Waals surface area contributed by atoms with Crippen molar-refractivity contribution in [3.8, 4) is 0 Å². The van der Waals surface area contributed by atoms with E-state index >= 15 is 0 Å². The number of anilines is 1. The molecule has 0 saturated carbocycles. The summed E-state index contributed by atoms with van der Waals surface area (Å²) in [5, 5.41) is 4.40. The summed E-state index contributed by atoms with van der Waals surface area (Å²) in [6, 6.07) is 4.08. The highest BCUT2D eigenvalue weighted by Gasteiger charge is 2.08. The lowest BCUT2D eigenvalue weighted by atomic mass is 10.1. The lowest BCUT2D eigenvalue weighted by Crippen LogP contribution is -1.92. The molecule has 1 N–H and O–H groups in total. The van der Waals surface area contributed by atoms with Gasteiger partial charge in [0.15, 0.2) is 0 Å². The van der Waals surface area contributed by atoms with Gasteiger partial charge in [0.1, 0.15) is 5.58 Å². The molecule has 0 atom stereocenters. The predicted octanol–water partition coefficient (Wildman–Crippen LogP) is 3.09. The third-order valence-corrected chi connectivity index (χ3v) is 2.38. The number of aryl methyl sites for hydroxylation is 2. The van der Waals surface area contributed by atoms with E-state index in [-0.39, 0.29) is 0 Å². The molecule has 0 aliphatic rings. The summed E-state index contributed by atoms with van der Waals surface area (Å²) < 4.78 is 5.41. The Kier molecular flexibility index (Phi) is 1.76. The Bertz CT molecular complexity index is 443. The van der Waals surface area contributed by atoms with Crippen LogP contribution in [-0.2, 0) is 0 Å². The van der Waals surface area contributed by atoms with Crippen LogP contribution in [0.25, 0.3) is 11.0 Å². The minimum atomic E-state index is 0.951. The first-order chi connectivity index (χ1) is 6.24. The molecule has 0 unspecified atom stereocenters. The average molecular weight is 175 g/mol. The van der Waals surface area contributed by atoms with Crippen molar-refractivity contribution < 1.29 is 4.42 Å². The number of nitrogens with one attached hydrogen (secondary N) is 1. The Morgan fingerprint density at radius 2 is 1.92 bits per heavy atom. The third kappa shape index (κ3) is 1.10. The Hall–Kier alpha value is -1.44. The monoisotopic (exact) mass is 175 g/mol. The van der Waals surface area contributed by atoms with Crippen molar-refractivity contribution in [3.05, 3.63) is 29.5 Å². The fourth-order valence-corrected chi connectivity index (χ4v) is 1.71. The number of fused-ring (bicyclic) bond motifs is 1. The van der Waals surface area contributed by atoms with Crippen LogP contribution < -0.4 is 5.32 Å². The Morgan fingerprint density at radius 3 is 2.62 bits per heavy atom. The molecule has 0 radical (unpaired) electrons. The van der Waals surface area contributed by atoms with E-state index in [1.54, 1.807) is 6.26 Å². The summed E-state index contributed by atoms with van der Waals surface area (Å²) in [5.74, 6) is 0. The van der Waals surface area contributed by atoms with Gasteiger partial charge in [-0.25, -0.2) is 0 Å². The minimum absolute atomic E-state index is 0.951. The molecule has 0 spiro atoms. The normalized spacial score (nSPS) is 10.7. The van der Waals surface area contributed by atoms with Crippen LogP contribution in [0.15, 0.2) is 22.8 Å². The van der Waals surface area contributed by atoms with Crippen molar-refractivity contribution in [2.75, 3.05) is 12.4 Å². The molecule has 2 aromatic rings. The van der Waals surface area contributed by atoms with Crippen LogP contribution in [0.5, 0.6) is 0 Å².